The predicted molar refractivity (Wildman–Crippen MR) is 103 cm³/mol. The number of carbonyl (C=O) groups excluding carboxylic acids is 1. The van der Waals surface area contributed by atoms with Crippen LogP contribution in [0.2, 0.25) is 0 Å². The zero-order valence-electron chi connectivity index (χ0n) is 14.7. The molecule has 0 spiro atoms. The molecule has 1 aliphatic rings. The number of hydrogen-bond acceptors (Lipinski definition) is 2. The molecule has 3 nitrogen and oxygen atoms in total. The molecule has 1 unspecified atom stereocenters. The van der Waals surface area contributed by atoms with E-state index in [0.717, 1.165) is 19.4 Å². The number of aromatic nitrogens is 1. The summed E-state index contributed by atoms with van der Waals surface area (Å²) in [5.74, 6) is 0.206. The topological polar surface area (TPSA) is 33.2 Å². The van der Waals surface area contributed by atoms with Crippen LogP contribution in [-0.4, -0.2) is 28.4 Å². The first-order chi connectivity index (χ1) is 12.8. The summed E-state index contributed by atoms with van der Waals surface area (Å²) in [6.07, 6.45) is 3.72. The molecule has 0 radical (unpaired) electrons. The lowest BCUT2D eigenvalue weighted by molar-refractivity contribution is 0.0719. The summed E-state index contributed by atoms with van der Waals surface area (Å²) in [6.45, 7) is 0.788. The van der Waals surface area contributed by atoms with Crippen molar-refractivity contribution < 1.29 is 4.79 Å². The van der Waals surface area contributed by atoms with Crippen LogP contribution in [0, 0.1) is 0 Å². The molecule has 1 saturated heterocycles. The second-order valence-corrected chi connectivity index (χ2v) is 6.72. The fraction of sp³-hybridized carbons (Fsp3) is 0.217. The lowest BCUT2D eigenvalue weighted by Gasteiger charge is -2.32. The largest absolute Gasteiger partial charge is 0.333 e. The molecular formula is C23H22N2O. The molecular weight excluding hydrogens is 320 g/mol. The molecule has 0 aliphatic carbocycles. The zero-order valence-corrected chi connectivity index (χ0v) is 14.7. The summed E-state index contributed by atoms with van der Waals surface area (Å²) in [4.78, 5) is 19.4. The molecule has 130 valence electrons. The van der Waals surface area contributed by atoms with E-state index in [0.29, 0.717) is 5.69 Å². The van der Waals surface area contributed by atoms with Crippen LogP contribution in [0.1, 0.15) is 40.4 Å². The second kappa shape index (κ2) is 7.52. The monoisotopic (exact) mass is 342 g/mol. The van der Waals surface area contributed by atoms with Crippen molar-refractivity contribution in [2.75, 3.05) is 6.54 Å². The van der Waals surface area contributed by atoms with Crippen LogP contribution < -0.4 is 0 Å². The predicted octanol–water partition coefficient (Wildman–Crippen LogP) is 4.52. The number of amides is 1. The van der Waals surface area contributed by atoms with Crippen LogP contribution in [-0.2, 0) is 0 Å². The van der Waals surface area contributed by atoms with Gasteiger partial charge in [-0.15, -0.1) is 0 Å². The van der Waals surface area contributed by atoms with Crippen molar-refractivity contribution in [1.82, 2.24) is 9.88 Å². The van der Waals surface area contributed by atoms with Gasteiger partial charge in [-0.05, 0) is 36.1 Å². The molecule has 2 aromatic carbocycles. The van der Waals surface area contributed by atoms with Gasteiger partial charge in [0.15, 0.2) is 0 Å². The molecule has 1 fully saturated rings. The molecule has 0 saturated carbocycles. The molecule has 3 heteroatoms. The summed E-state index contributed by atoms with van der Waals surface area (Å²) in [5.41, 5.74) is 3.04. The third-order valence-electron chi connectivity index (χ3n) is 5.15. The van der Waals surface area contributed by atoms with Crippen molar-refractivity contribution in [3.05, 3.63) is 102 Å². The number of rotatable bonds is 4. The first-order valence-corrected chi connectivity index (χ1v) is 9.16. The molecule has 1 aromatic heterocycles. The van der Waals surface area contributed by atoms with E-state index in [-0.39, 0.29) is 17.9 Å². The van der Waals surface area contributed by atoms with Crippen LogP contribution in [0.4, 0.5) is 0 Å². The van der Waals surface area contributed by atoms with Crippen molar-refractivity contribution in [2.24, 2.45) is 0 Å². The Hall–Kier alpha value is -2.94. The molecule has 4 rings (SSSR count). The average molecular weight is 342 g/mol. The Morgan fingerprint density at radius 2 is 1.50 bits per heavy atom. The summed E-state index contributed by atoms with van der Waals surface area (Å²) in [5, 5.41) is 0. The van der Waals surface area contributed by atoms with E-state index < -0.39 is 0 Å². The number of carbonyl (C=O) groups is 1. The minimum Gasteiger partial charge on any atom is -0.333 e. The molecule has 0 bridgehead atoms. The van der Waals surface area contributed by atoms with Crippen molar-refractivity contribution in [3.8, 4) is 0 Å². The van der Waals surface area contributed by atoms with Gasteiger partial charge in [0.25, 0.3) is 5.91 Å². The fourth-order valence-electron chi connectivity index (χ4n) is 3.99. The first-order valence-electron chi connectivity index (χ1n) is 9.16. The van der Waals surface area contributed by atoms with E-state index in [1.165, 1.54) is 11.1 Å². The summed E-state index contributed by atoms with van der Waals surface area (Å²) >= 11 is 0. The van der Waals surface area contributed by atoms with Crippen LogP contribution in [0.25, 0.3) is 0 Å². The molecule has 2 heterocycles. The summed E-state index contributed by atoms with van der Waals surface area (Å²) < 4.78 is 0. The normalized spacial score (nSPS) is 16.8. The van der Waals surface area contributed by atoms with Crippen LogP contribution in [0.15, 0.2) is 85.1 Å². The maximum atomic E-state index is 13.1. The number of pyridine rings is 1. The van der Waals surface area contributed by atoms with Gasteiger partial charge >= 0.3 is 0 Å². The lowest BCUT2D eigenvalue weighted by Crippen LogP contribution is -2.40. The van der Waals surface area contributed by atoms with Gasteiger partial charge in [0.2, 0.25) is 0 Å². The fourth-order valence-corrected chi connectivity index (χ4v) is 3.99. The maximum absolute atomic E-state index is 13.1. The highest BCUT2D eigenvalue weighted by molar-refractivity contribution is 5.92. The van der Waals surface area contributed by atoms with E-state index in [1.54, 1.807) is 12.3 Å². The Kier molecular flexibility index (Phi) is 4.78. The van der Waals surface area contributed by atoms with Crippen molar-refractivity contribution in [1.29, 1.82) is 0 Å². The molecule has 1 amide bonds. The van der Waals surface area contributed by atoms with Gasteiger partial charge in [-0.3, -0.25) is 9.78 Å². The van der Waals surface area contributed by atoms with Crippen molar-refractivity contribution >= 4 is 5.91 Å². The van der Waals surface area contributed by atoms with E-state index in [9.17, 15) is 4.79 Å². The number of hydrogen-bond donors (Lipinski definition) is 0. The van der Waals surface area contributed by atoms with Crippen LogP contribution in [0.3, 0.4) is 0 Å². The minimum absolute atomic E-state index is 0.0324. The molecule has 1 aliphatic heterocycles. The molecule has 0 N–H and O–H groups in total. The van der Waals surface area contributed by atoms with Crippen molar-refractivity contribution in [2.45, 2.75) is 24.8 Å². The Balaban J connectivity index is 1.72. The third kappa shape index (κ3) is 3.25. The van der Waals surface area contributed by atoms with Gasteiger partial charge in [0.05, 0.1) is 0 Å². The smallest absolute Gasteiger partial charge is 0.272 e. The van der Waals surface area contributed by atoms with Crippen molar-refractivity contribution in [3.63, 3.8) is 0 Å². The Bertz CT molecular complexity index is 810. The highest BCUT2D eigenvalue weighted by atomic mass is 16.2. The van der Waals surface area contributed by atoms with E-state index in [1.807, 2.05) is 29.2 Å². The van der Waals surface area contributed by atoms with Crippen LogP contribution >= 0.6 is 0 Å². The first kappa shape index (κ1) is 16.5. The highest BCUT2D eigenvalue weighted by Crippen LogP contribution is 2.36. The van der Waals surface area contributed by atoms with Gasteiger partial charge < -0.3 is 4.90 Å². The Labute approximate surface area is 154 Å². The third-order valence-corrected chi connectivity index (χ3v) is 5.15. The standard InChI is InChI=1S/C23H22N2O/c26-23(20-14-7-8-16-24-20)25-17-9-15-21(25)22(18-10-3-1-4-11-18)19-12-5-2-6-13-19/h1-8,10-14,16,21-22H,9,15,17H2. The Morgan fingerprint density at radius 1 is 0.885 bits per heavy atom. The molecule has 3 aromatic rings. The number of likely N-dealkylation sites (tertiary alicyclic amines) is 1. The zero-order chi connectivity index (χ0) is 17.8. The average Bonchev–Trinajstić information content (AvgIpc) is 3.19. The number of nitrogens with zero attached hydrogens (tertiary/aromatic N) is 2. The van der Waals surface area contributed by atoms with Gasteiger partial charge in [0, 0.05) is 24.7 Å². The van der Waals surface area contributed by atoms with E-state index >= 15 is 0 Å². The van der Waals surface area contributed by atoms with Crippen LogP contribution in [0.5, 0.6) is 0 Å². The highest BCUT2D eigenvalue weighted by Gasteiger charge is 2.36. The van der Waals surface area contributed by atoms with Gasteiger partial charge in [-0.1, -0.05) is 66.7 Å². The minimum atomic E-state index is 0.0324. The summed E-state index contributed by atoms with van der Waals surface area (Å²) in [6, 6.07) is 26.7. The quantitative estimate of drug-likeness (QED) is 0.698. The van der Waals surface area contributed by atoms with E-state index in [2.05, 4.69) is 53.5 Å². The van der Waals surface area contributed by atoms with Gasteiger partial charge in [0.1, 0.15) is 5.69 Å². The van der Waals surface area contributed by atoms with Gasteiger partial charge in [-0.25, -0.2) is 0 Å². The molecule has 26 heavy (non-hydrogen) atoms. The SMILES string of the molecule is O=C(c1ccccn1)N1CCCC1C(c1ccccc1)c1ccccc1. The summed E-state index contributed by atoms with van der Waals surface area (Å²) in [7, 11) is 0. The Morgan fingerprint density at radius 3 is 2.08 bits per heavy atom. The maximum Gasteiger partial charge on any atom is 0.272 e. The lowest BCUT2D eigenvalue weighted by atomic mass is 9.84. The molecule has 1 atom stereocenters. The second-order valence-electron chi connectivity index (χ2n) is 6.72. The van der Waals surface area contributed by atoms with Gasteiger partial charge in [-0.2, -0.15) is 0 Å². The number of benzene rings is 2. The van der Waals surface area contributed by atoms with E-state index in [4.69, 9.17) is 0 Å².